The number of thiocarbonyl (C=S) groups is 1. The molecule has 2 N–H and O–H groups in total. The predicted molar refractivity (Wildman–Crippen MR) is 142 cm³/mol. The van der Waals surface area contributed by atoms with Crippen molar-refractivity contribution in [2.45, 2.75) is 18.7 Å². The third-order valence-electron chi connectivity index (χ3n) is 5.07. The average Bonchev–Trinajstić information content (AvgIpc) is 2.78. The van der Waals surface area contributed by atoms with E-state index in [2.05, 4.69) is 15.5 Å². The van der Waals surface area contributed by atoms with E-state index in [1.54, 1.807) is 18.2 Å². The summed E-state index contributed by atoms with van der Waals surface area (Å²) in [6.45, 7) is 6.54. The van der Waals surface area contributed by atoms with Crippen molar-refractivity contribution in [1.29, 1.82) is 0 Å². The number of benzene rings is 2. The van der Waals surface area contributed by atoms with Gasteiger partial charge >= 0.3 is 0 Å². The van der Waals surface area contributed by atoms with E-state index in [9.17, 15) is 9.59 Å². The molecule has 0 saturated carbocycles. The van der Waals surface area contributed by atoms with Crippen LogP contribution in [0.4, 0.5) is 11.4 Å². The lowest BCUT2D eigenvalue weighted by atomic mass is 10.1. The molecule has 176 valence electrons. The number of nitrogens with one attached hydrogen (secondary N) is 2. The van der Waals surface area contributed by atoms with Crippen LogP contribution in [-0.2, 0) is 9.59 Å². The quantitative estimate of drug-likeness (QED) is 0.413. The number of piperazine rings is 1. The van der Waals surface area contributed by atoms with Crippen molar-refractivity contribution in [2.75, 3.05) is 42.1 Å². The Morgan fingerprint density at radius 2 is 1.67 bits per heavy atom. The number of hydrogen-bond donors (Lipinski definition) is 2. The fourth-order valence-electron chi connectivity index (χ4n) is 3.41. The lowest BCUT2D eigenvalue weighted by Crippen LogP contribution is -2.50. The Kier molecular flexibility index (Phi) is 9.26. The van der Waals surface area contributed by atoms with Crippen LogP contribution in [0.2, 0.25) is 10.0 Å². The Balaban J connectivity index is 1.57. The minimum absolute atomic E-state index is 0.0110. The van der Waals surface area contributed by atoms with Crippen molar-refractivity contribution in [3.05, 3.63) is 52.5 Å². The molecule has 0 unspecified atom stereocenters. The molecular formula is C23H26Cl2N4O2S2. The first kappa shape index (κ1) is 25.6. The van der Waals surface area contributed by atoms with E-state index in [0.29, 0.717) is 41.9 Å². The highest BCUT2D eigenvalue weighted by Gasteiger charge is 2.24. The summed E-state index contributed by atoms with van der Waals surface area (Å²) in [5.74, 6) is 0.169. The van der Waals surface area contributed by atoms with Crippen LogP contribution in [0, 0.1) is 5.92 Å². The summed E-state index contributed by atoms with van der Waals surface area (Å²) in [6, 6.07) is 12.8. The zero-order valence-electron chi connectivity index (χ0n) is 18.4. The number of anilines is 2. The van der Waals surface area contributed by atoms with Crippen molar-refractivity contribution in [1.82, 2.24) is 10.2 Å². The summed E-state index contributed by atoms with van der Waals surface area (Å²) in [5.41, 5.74) is 1.63. The van der Waals surface area contributed by atoms with E-state index in [1.807, 2.05) is 43.0 Å². The van der Waals surface area contributed by atoms with E-state index in [4.69, 9.17) is 35.4 Å². The van der Waals surface area contributed by atoms with Gasteiger partial charge in [0.25, 0.3) is 0 Å². The number of carbonyl (C=O) groups is 2. The standard InChI is InChI=1S/C23H26Cl2N4O2S2/c1-15(2)22(31)29-11-9-28(10-12-29)20-8-5-17(25)13-19(20)26-23(32)27-21(30)14-33-18-6-3-16(24)4-7-18/h3-8,13,15H,9-12,14H2,1-2H3,(H2,26,27,30,32). The lowest BCUT2D eigenvalue weighted by molar-refractivity contribution is -0.134. The van der Waals surface area contributed by atoms with Crippen LogP contribution >= 0.6 is 47.2 Å². The molecule has 0 radical (unpaired) electrons. The second-order valence-electron chi connectivity index (χ2n) is 7.87. The number of halogens is 2. The maximum absolute atomic E-state index is 12.3. The Morgan fingerprint density at radius 1 is 1.03 bits per heavy atom. The highest BCUT2D eigenvalue weighted by molar-refractivity contribution is 8.00. The topological polar surface area (TPSA) is 64.7 Å². The number of thioether (sulfide) groups is 1. The molecule has 0 aliphatic carbocycles. The smallest absolute Gasteiger partial charge is 0.236 e. The van der Waals surface area contributed by atoms with E-state index < -0.39 is 0 Å². The van der Waals surface area contributed by atoms with E-state index in [1.165, 1.54) is 11.8 Å². The minimum atomic E-state index is -0.211. The van der Waals surface area contributed by atoms with Crippen LogP contribution in [0.3, 0.4) is 0 Å². The molecule has 33 heavy (non-hydrogen) atoms. The first-order valence-corrected chi connectivity index (χ1v) is 12.7. The summed E-state index contributed by atoms with van der Waals surface area (Å²) in [6.07, 6.45) is 0. The number of nitrogens with zero attached hydrogens (tertiary/aromatic N) is 2. The molecule has 2 amide bonds. The molecule has 10 heteroatoms. The summed E-state index contributed by atoms with van der Waals surface area (Å²) in [7, 11) is 0. The van der Waals surface area contributed by atoms with Gasteiger partial charge in [-0.25, -0.2) is 0 Å². The van der Waals surface area contributed by atoms with Crippen LogP contribution in [0.5, 0.6) is 0 Å². The van der Waals surface area contributed by atoms with Gasteiger partial charge < -0.3 is 20.4 Å². The molecule has 3 rings (SSSR count). The highest BCUT2D eigenvalue weighted by atomic mass is 35.5. The molecular weight excluding hydrogens is 499 g/mol. The normalized spacial score (nSPS) is 13.7. The molecule has 1 heterocycles. The zero-order chi connectivity index (χ0) is 24.0. The summed E-state index contributed by atoms with van der Waals surface area (Å²) >= 11 is 18.9. The van der Waals surface area contributed by atoms with Crippen molar-refractivity contribution in [3.8, 4) is 0 Å². The van der Waals surface area contributed by atoms with Gasteiger partial charge in [-0.1, -0.05) is 37.0 Å². The number of amides is 2. The second-order valence-corrected chi connectivity index (χ2v) is 10.2. The van der Waals surface area contributed by atoms with Gasteiger partial charge in [-0.05, 0) is 54.7 Å². The van der Waals surface area contributed by atoms with Gasteiger partial charge in [0.1, 0.15) is 0 Å². The summed E-state index contributed by atoms with van der Waals surface area (Å²) < 4.78 is 0. The third-order valence-corrected chi connectivity index (χ3v) is 6.77. The van der Waals surface area contributed by atoms with Gasteiger partial charge in [-0.2, -0.15) is 0 Å². The molecule has 1 aliphatic rings. The fourth-order valence-corrected chi connectivity index (χ4v) is 4.63. The van der Waals surface area contributed by atoms with Gasteiger partial charge in [0.2, 0.25) is 11.8 Å². The van der Waals surface area contributed by atoms with Gasteiger partial charge in [-0.3, -0.25) is 9.59 Å². The molecule has 0 atom stereocenters. The molecule has 2 aromatic carbocycles. The first-order valence-electron chi connectivity index (χ1n) is 10.6. The largest absolute Gasteiger partial charge is 0.366 e. The van der Waals surface area contributed by atoms with Crippen molar-refractivity contribution in [2.24, 2.45) is 5.92 Å². The van der Waals surface area contributed by atoms with Gasteiger partial charge in [-0.15, -0.1) is 11.8 Å². The molecule has 1 aliphatic heterocycles. The lowest BCUT2D eigenvalue weighted by Gasteiger charge is -2.37. The van der Waals surface area contributed by atoms with Crippen LogP contribution in [-0.4, -0.2) is 53.8 Å². The van der Waals surface area contributed by atoms with Crippen LogP contribution in [0.15, 0.2) is 47.4 Å². The Morgan fingerprint density at radius 3 is 2.30 bits per heavy atom. The molecule has 0 aromatic heterocycles. The van der Waals surface area contributed by atoms with Gasteiger partial charge in [0, 0.05) is 47.0 Å². The molecule has 0 spiro atoms. The first-order chi connectivity index (χ1) is 15.7. The van der Waals surface area contributed by atoms with Crippen LogP contribution in [0.25, 0.3) is 0 Å². The molecule has 2 aromatic rings. The van der Waals surface area contributed by atoms with Crippen molar-refractivity contribution >= 4 is 75.5 Å². The van der Waals surface area contributed by atoms with Crippen molar-refractivity contribution < 1.29 is 9.59 Å². The maximum Gasteiger partial charge on any atom is 0.236 e. The summed E-state index contributed by atoms with van der Waals surface area (Å²) in [4.78, 5) is 29.6. The van der Waals surface area contributed by atoms with Crippen molar-refractivity contribution in [3.63, 3.8) is 0 Å². The molecule has 6 nitrogen and oxygen atoms in total. The maximum atomic E-state index is 12.3. The predicted octanol–water partition coefficient (Wildman–Crippen LogP) is 4.90. The molecule has 1 fully saturated rings. The van der Waals surface area contributed by atoms with E-state index in [0.717, 1.165) is 10.6 Å². The summed E-state index contributed by atoms with van der Waals surface area (Å²) in [5, 5.41) is 7.23. The van der Waals surface area contributed by atoms with E-state index in [-0.39, 0.29) is 28.6 Å². The van der Waals surface area contributed by atoms with Gasteiger partial charge in [0.05, 0.1) is 17.1 Å². The Bertz CT molecular complexity index is 1010. The monoisotopic (exact) mass is 524 g/mol. The number of carbonyl (C=O) groups excluding carboxylic acids is 2. The molecule has 0 bridgehead atoms. The Labute approximate surface area is 214 Å². The van der Waals surface area contributed by atoms with Crippen LogP contribution in [0.1, 0.15) is 13.8 Å². The zero-order valence-corrected chi connectivity index (χ0v) is 21.6. The fraction of sp³-hybridized carbons (Fsp3) is 0.348. The SMILES string of the molecule is CC(C)C(=O)N1CCN(c2ccc(Cl)cc2NC(=S)NC(=O)CSc2ccc(Cl)cc2)CC1. The van der Waals surface area contributed by atoms with Crippen LogP contribution < -0.4 is 15.5 Å². The average molecular weight is 526 g/mol. The molecule has 1 saturated heterocycles. The van der Waals surface area contributed by atoms with Gasteiger partial charge in [0.15, 0.2) is 5.11 Å². The third kappa shape index (κ3) is 7.50. The minimum Gasteiger partial charge on any atom is -0.366 e. The number of hydrogen-bond acceptors (Lipinski definition) is 5. The number of rotatable bonds is 6. The second kappa shape index (κ2) is 11.9. The Hall–Kier alpha value is -2.00. The van der Waals surface area contributed by atoms with E-state index >= 15 is 0 Å². The highest BCUT2D eigenvalue weighted by Crippen LogP contribution is 2.30.